The quantitative estimate of drug-likeness (QED) is 0.447. The highest BCUT2D eigenvalue weighted by Crippen LogP contribution is 2.28. The lowest BCUT2D eigenvalue weighted by Gasteiger charge is -2.32. The number of rotatable bonds is 6. The largest absolute Gasteiger partial charge is 0.367 e. The van der Waals surface area contributed by atoms with Crippen LogP contribution in [0.5, 0.6) is 0 Å². The van der Waals surface area contributed by atoms with Gasteiger partial charge in [0.2, 0.25) is 10.0 Å². The maximum Gasteiger partial charge on any atom is 0.218 e. The predicted molar refractivity (Wildman–Crippen MR) is 135 cm³/mol. The van der Waals surface area contributed by atoms with Gasteiger partial charge in [-0.25, -0.2) is 17.7 Å². The van der Waals surface area contributed by atoms with Crippen LogP contribution in [0.2, 0.25) is 0 Å². The standard InChI is InChI=1S/C26H29N5O2S/c1-19-8-6-7-11-23(19)24-16-25(31-26(29-24)20(2)17-27-31)28-22-12-14-30(15-13-22)34(32,33)18-21-9-4-3-5-10-21/h3-11,16-17,22,28H,12-15,18H2,1-2H3. The maximum atomic E-state index is 12.9. The summed E-state index contributed by atoms with van der Waals surface area (Å²) < 4.78 is 29.3. The molecule has 4 aromatic rings. The molecule has 2 aromatic carbocycles. The predicted octanol–water partition coefficient (Wildman–Crippen LogP) is 4.42. The van der Waals surface area contributed by atoms with Gasteiger partial charge in [0.25, 0.3) is 0 Å². The van der Waals surface area contributed by atoms with E-state index in [1.54, 1.807) is 4.31 Å². The third kappa shape index (κ3) is 4.56. The zero-order valence-electron chi connectivity index (χ0n) is 19.5. The Bertz CT molecular complexity index is 1410. The number of aromatic nitrogens is 3. The second kappa shape index (κ2) is 9.19. The van der Waals surface area contributed by atoms with Crippen LogP contribution in [0.1, 0.15) is 29.5 Å². The molecule has 0 aliphatic carbocycles. The third-order valence-corrected chi connectivity index (χ3v) is 8.31. The van der Waals surface area contributed by atoms with Gasteiger partial charge in [-0.2, -0.15) is 9.61 Å². The van der Waals surface area contributed by atoms with Crippen molar-refractivity contribution < 1.29 is 8.42 Å². The molecule has 1 aliphatic heterocycles. The molecule has 0 spiro atoms. The summed E-state index contributed by atoms with van der Waals surface area (Å²) in [4.78, 5) is 4.88. The summed E-state index contributed by atoms with van der Waals surface area (Å²) in [6.07, 6.45) is 3.30. The van der Waals surface area contributed by atoms with Crippen molar-refractivity contribution in [2.24, 2.45) is 0 Å². The molecule has 0 radical (unpaired) electrons. The maximum absolute atomic E-state index is 12.9. The minimum Gasteiger partial charge on any atom is -0.367 e. The lowest BCUT2D eigenvalue weighted by atomic mass is 10.0. The first-order valence-corrected chi connectivity index (χ1v) is 13.2. The Morgan fingerprint density at radius 1 is 0.971 bits per heavy atom. The molecule has 1 fully saturated rings. The molecule has 3 heterocycles. The van der Waals surface area contributed by atoms with Crippen LogP contribution in [0.4, 0.5) is 5.82 Å². The topological polar surface area (TPSA) is 79.6 Å². The summed E-state index contributed by atoms with van der Waals surface area (Å²) in [5, 5.41) is 8.15. The Labute approximate surface area is 200 Å². The van der Waals surface area contributed by atoms with Crippen molar-refractivity contribution >= 4 is 21.5 Å². The van der Waals surface area contributed by atoms with Gasteiger partial charge in [0, 0.05) is 36.3 Å². The molecular formula is C26H29N5O2S. The molecule has 0 amide bonds. The highest BCUT2D eigenvalue weighted by atomic mass is 32.2. The summed E-state index contributed by atoms with van der Waals surface area (Å²) in [5.74, 6) is 0.922. The number of aryl methyl sites for hydroxylation is 2. The lowest BCUT2D eigenvalue weighted by molar-refractivity contribution is 0.329. The van der Waals surface area contributed by atoms with E-state index < -0.39 is 10.0 Å². The van der Waals surface area contributed by atoms with Crippen LogP contribution >= 0.6 is 0 Å². The smallest absolute Gasteiger partial charge is 0.218 e. The van der Waals surface area contributed by atoms with Gasteiger partial charge in [-0.1, -0.05) is 54.6 Å². The molecule has 2 aromatic heterocycles. The number of anilines is 1. The summed E-state index contributed by atoms with van der Waals surface area (Å²) in [6.45, 7) is 5.10. The van der Waals surface area contributed by atoms with E-state index in [0.29, 0.717) is 13.1 Å². The first-order valence-electron chi connectivity index (χ1n) is 11.6. The van der Waals surface area contributed by atoms with Crippen molar-refractivity contribution in [3.63, 3.8) is 0 Å². The molecule has 0 saturated carbocycles. The van der Waals surface area contributed by atoms with Crippen LogP contribution in [0.25, 0.3) is 16.9 Å². The monoisotopic (exact) mass is 475 g/mol. The van der Waals surface area contributed by atoms with Crippen molar-refractivity contribution in [2.75, 3.05) is 18.4 Å². The molecule has 1 aliphatic rings. The second-order valence-corrected chi connectivity index (χ2v) is 10.9. The van der Waals surface area contributed by atoms with Crippen molar-refractivity contribution in [3.8, 4) is 11.3 Å². The molecule has 176 valence electrons. The van der Waals surface area contributed by atoms with Crippen LogP contribution < -0.4 is 5.32 Å². The molecule has 8 heteroatoms. The fraction of sp³-hybridized carbons (Fsp3) is 0.308. The number of benzene rings is 2. The SMILES string of the molecule is Cc1ccccc1-c1cc(NC2CCN(S(=O)(=O)Cc3ccccc3)CC2)n2ncc(C)c2n1. The number of nitrogens with one attached hydrogen (secondary N) is 1. The van der Waals surface area contributed by atoms with E-state index in [2.05, 4.69) is 29.5 Å². The fourth-order valence-electron chi connectivity index (χ4n) is 4.54. The Morgan fingerprint density at radius 2 is 1.68 bits per heavy atom. The van der Waals surface area contributed by atoms with Crippen molar-refractivity contribution in [1.82, 2.24) is 18.9 Å². The number of hydrogen-bond acceptors (Lipinski definition) is 5. The normalized spacial score (nSPS) is 15.6. The molecule has 0 unspecified atom stereocenters. The number of sulfonamides is 1. The van der Waals surface area contributed by atoms with Crippen LogP contribution in [-0.4, -0.2) is 46.5 Å². The number of fused-ring (bicyclic) bond motifs is 1. The first-order chi connectivity index (χ1) is 16.4. The van der Waals surface area contributed by atoms with Gasteiger partial charge < -0.3 is 5.32 Å². The van der Waals surface area contributed by atoms with Gasteiger partial charge in [0.15, 0.2) is 5.65 Å². The van der Waals surface area contributed by atoms with E-state index in [0.717, 1.165) is 46.7 Å². The van der Waals surface area contributed by atoms with Crippen LogP contribution in [0, 0.1) is 13.8 Å². The highest BCUT2D eigenvalue weighted by molar-refractivity contribution is 7.88. The minimum absolute atomic E-state index is 0.0449. The highest BCUT2D eigenvalue weighted by Gasteiger charge is 2.28. The van der Waals surface area contributed by atoms with Gasteiger partial charge in [-0.15, -0.1) is 0 Å². The molecular weight excluding hydrogens is 446 g/mol. The average Bonchev–Trinajstić information content (AvgIpc) is 3.21. The summed E-state index contributed by atoms with van der Waals surface area (Å²) in [5.41, 5.74) is 5.82. The number of hydrogen-bond donors (Lipinski definition) is 1. The Kier molecular flexibility index (Phi) is 6.10. The Hall–Kier alpha value is -3.23. The fourth-order valence-corrected chi connectivity index (χ4v) is 6.10. The molecule has 0 atom stereocenters. The van der Waals surface area contributed by atoms with E-state index in [1.165, 1.54) is 5.56 Å². The Balaban J connectivity index is 1.34. The van der Waals surface area contributed by atoms with Gasteiger partial charge in [0.05, 0.1) is 17.6 Å². The molecule has 1 saturated heterocycles. The number of piperidine rings is 1. The second-order valence-electron chi connectivity index (χ2n) is 8.96. The average molecular weight is 476 g/mol. The first kappa shape index (κ1) is 22.6. The molecule has 1 N–H and O–H groups in total. The molecule has 0 bridgehead atoms. The zero-order valence-corrected chi connectivity index (χ0v) is 20.3. The van der Waals surface area contributed by atoms with Crippen molar-refractivity contribution in [3.05, 3.63) is 83.6 Å². The van der Waals surface area contributed by atoms with Crippen molar-refractivity contribution in [2.45, 2.75) is 38.5 Å². The molecule has 5 rings (SSSR count). The van der Waals surface area contributed by atoms with Crippen molar-refractivity contribution in [1.29, 1.82) is 0 Å². The van der Waals surface area contributed by atoms with E-state index >= 15 is 0 Å². The van der Waals surface area contributed by atoms with Crippen LogP contribution in [-0.2, 0) is 15.8 Å². The van der Waals surface area contributed by atoms with E-state index in [9.17, 15) is 8.42 Å². The van der Waals surface area contributed by atoms with Crippen LogP contribution in [0.3, 0.4) is 0 Å². The van der Waals surface area contributed by atoms with E-state index in [4.69, 9.17) is 4.98 Å². The van der Waals surface area contributed by atoms with Crippen LogP contribution in [0.15, 0.2) is 66.9 Å². The summed E-state index contributed by atoms with van der Waals surface area (Å²) in [6, 6.07) is 19.8. The summed E-state index contributed by atoms with van der Waals surface area (Å²) in [7, 11) is -3.33. The van der Waals surface area contributed by atoms with Gasteiger partial charge in [0.1, 0.15) is 5.82 Å². The zero-order chi connectivity index (χ0) is 23.7. The number of nitrogens with zero attached hydrogens (tertiary/aromatic N) is 4. The van der Waals surface area contributed by atoms with Gasteiger partial charge >= 0.3 is 0 Å². The van der Waals surface area contributed by atoms with Gasteiger partial charge in [-0.3, -0.25) is 0 Å². The summed E-state index contributed by atoms with van der Waals surface area (Å²) >= 11 is 0. The molecule has 34 heavy (non-hydrogen) atoms. The lowest BCUT2D eigenvalue weighted by Crippen LogP contribution is -2.43. The Morgan fingerprint density at radius 3 is 2.41 bits per heavy atom. The third-order valence-electron chi connectivity index (χ3n) is 6.46. The van der Waals surface area contributed by atoms with Gasteiger partial charge in [-0.05, 0) is 37.8 Å². The molecule has 7 nitrogen and oxygen atoms in total. The van der Waals surface area contributed by atoms with E-state index in [1.807, 2.05) is 66.2 Å². The van der Waals surface area contributed by atoms with E-state index in [-0.39, 0.29) is 11.8 Å². The minimum atomic E-state index is -3.33.